The number of halogens is 1. The molecule has 136 valence electrons. The van der Waals surface area contributed by atoms with E-state index in [-0.39, 0.29) is 0 Å². The monoisotopic (exact) mass is 385 g/mol. The summed E-state index contributed by atoms with van der Waals surface area (Å²) >= 11 is 7.74. The van der Waals surface area contributed by atoms with Gasteiger partial charge in [0.1, 0.15) is 5.82 Å². The van der Waals surface area contributed by atoms with Crippen molar-refractivity contribution in [1.29, 1.82) is 0 Å². The van der Waals surface area contributed by atoms with E-state index < -0.39 is 0 Å². The highest BCUT2D eigenvalue weighted by Gasteiger charge is 2.16. The van der Waals surface area contributed by atoms with Gasteiger partial charge in [0.25, 0.3) is 0 Å². The van der Waals surface area contributed by atoms with Crippen molar-refractivity contribution in [3.63, 3.8) is 0 Å². The number of nitrogens with one attached hydrogen (secondary N) is 1. The Morgan fingerprint density at radius 2 is 2.15 bits per heavy atom. The Kier molecular flexibility index (Phi) is 6.64. The molecule has 1 aromatic carbocycles. The van der Waals surface area contributed by atoms with Crippen molar-refractivity contribution >= 4 is 28.6 Å². The van der Waals surface area contributed by atoms with Crippen molar-refractivity contribution in [2.24, 2.45) is 4.99 Å². The Morgan fingerprint density at radius 3 is 2.88 bits per heavy atom. The number of aliphatic imine (C=N–C) groups is 1. The topological polar surface area (TPSA) is 37.3 Å². The zero-order valence-corrected chi connectivity index (χ0v) is 16.6. The number of thiazole rings is 1. The normalized spacial score (nSPS) is 16.2. The van der Waals surface area contributed by atoms with E-state index in [1.54, 1.807) is 11.3 Å². The first-order valence-corrected chi connectivity index (χ1v) is 10.3. The lowest BCUT2D eigenvalue weighted by atomic mass is 9.96. The van der Waals surface area contributed by atoms with E-state index in [0.29, 0.717) is 11.1 Å². The lowest BCUT2D eigenvalue weighted by Gasteiger charge is -2.23. The van der Waals surface area contributed by atoms with E-state index in [1.165, 1.54) is 32.1 Å². The summed E-state index contributed by atoms with van der Waals surface area (Å²) in [7, 11) is 0. The highest BCUT2D eigenvalue weighted by Crippen LogP contribution is 2.29. The third-order valence-corrected chi connectivity index (χ3v) is 5.54. The first kappa shape index (κ1) is 18.9. The molecule has 1 aromatic heterocycles. The zero-order chi connectivity index (χ0) is 18.4. The fourth-order valence-corrected chi connectivity index (χ4v) is 4.22. The van der Waals surface area contributed by atoms with Crippen LogP contribution in [-0.2, 0) is 0 Å². The summed E-state index contributed by atoms with van der Waals surface area (Å²) in [5, 5.41) is 4.19. The molecule has 1 heterocycles. The summed E-state index contributed by atoms with van der Waals surface area (Å²) in [5.74, 6) is 0.718. The largest absolute Gasteiger partial charge is 0.368 e. The molecule has 0 radical (unpaired) electrons. The maximum Gasteiger partial charge on any atom is 0.119 e. The molecule has 1 aliphatic carbocycles. The van der Waals surface area contributed by atoms with Crippen LogP contribution in [0.5, 0.6) is 0 Å². The second kappa shape index (κ2) is 9.15. The highest BCUT2D eigenvalue weighted by molar-refractivity contribution is 7.12. The SMILES string of the molecule is C=C(/N=C(\C=C/C)c1scnc1-c1cccc(Cl)c1)NC1CCCCC1. The number of hydrogen-bond acceptors (Lipinski definition) is 4. The molecule has 0 saturated heterocycles. The molecule has 3 nitrogen and oxygen atoms in total. The van der Waals surface area contributed by atoms with Gasteiger partial charge in [-0.1, -0.05) is 55.7 Å². The van der Waals surface area contributed by atoms with Gasteiger partial charge in [-0.25, -0.2) is 9.98 Å². The average molecular weight is 386 g/mol. The Hall–Kier alpha value is -1.91. The van der Waals surface area contributed by atoms with Crippen LogP contribution in [0.15, 0.2) is 59.3 Å². The van der Waals surface area contributed by atoms with Crippen molar-refractivity contribution in [2.75, 3.05) is 0 Å². The molecule has 26 heavy (non-hydrogen) atoms. The van der Waals surface area contributed by atoms with Crippen LogP contribution in [0.3, 0.4) is 0 Å². The third-order valence-electron chi connectivity index (χ3n) is 4.45. The molecule has 0 atom stereocenters. The zero-order valence-electron chi connectivity index (χ0n) is 15.0. The van der Waals surface area contributed by atoms with Crippen molar-refractivity contribution < 1.29 is 0 Å². The molecule has 0 unspecified atom stereocenters. The molecule has 1 aliphatic rings. The van der Waals surface area contributed by atoms with Gasteiger partial charge < -0.3 is 5.32 Å². The highest BCUT2D eigenvalue weighted by atomic mass is 35.5. The average Bonchev–Trinajstić information content (AvgIpc) is 3.12. The van der Waals surface area contributed by atoms with Crippen molar-refractivity contribution in [1.82, 2.24) is 10.3 Å². The molecule has 0 aliphatic heterocycles. The first-order valence-electron chi connectivity index (χ1n) is 9.04. The summed E-state index contributed by atoms with van der Waals surface area (Å²) in [6.45, 7) is 6.12. The van der Waals surface area contributed by atoms with Crippen LogP contribution >= 0.6 is 22.9 Å². The van der Waals surface area contributed by atoms with Crippen molar-refractivity contribution in [3.05, 3.63) is 64.2 Å². The molecule has 0 bridgehead atoms. The molecule has 1 saturated carbocycles. The lowest BCUT2D eigenvalue weighted by molar-refractivity contribution is 0.396. The number of aromatic nitrogens is 1. The lowest BCUT2D eigenvalue weighted by Crippen LogP contribution is -2.29. The first-order chi connectivity index (χ1) is 12.7. The number of allylic oxidation sites excluding steroid dienone is 2. The van der Waals surface area contributed by atoms with Crippen LogP contribution < -0.4 is 5.32 Å². The van der Waals surface area contributed by atoms with Gasteiger partial charge in [0.2, 0.25) is 0 Å². The van der Waals surface area contributed by atoms with E-state index in [1.807, 2.05) is 48.9 Å². The maximum atomic E-state index is 6.15. The van der Waals surface area contributed by atoms with Gasteiger partial charge in [0, 0.05) is 16.6 Å². The molecular weight excluding hydrogens is 362 g/mol. The number of hydrogen-bond donors (Lipinski definition) is 1. The predicted octanol–water partition coefficient (Wildman–Crippen LogP) is 6.22. The van der Waals surface area contributed by atoms with Crippen LogP contribution in [0.1, 0.15) is 43.9 Å². The predicted molar refractivity (Wildman–Crippen MR) is 113 cm³/mol. The van der Waals surface area contributed by atoms with Gasteiger partial charge in [0.15, 0.2) is 0 Å². The molecule has 1 fully saturated rings. The quantitative estimate of drug-likeness (QED) is 0.599. The molecule has 1 N–H and O–H groups in total. The van der Waals surface area contributed by atoms with Crippen LogP contribution in [0.25, 0.3) is 11.3 Å². The molecule has 0 spiro atoms. The van der Waals surface area contributed by atoms with Crippen LogP contribution in [0.2, 0.25) is 5.02 Å². The van der Waals surface area contributed by atoms with E-state index in [0.717, 1.165) is 27.7 Å². The second-order valence-corrected chi connectivity index (χ2v) is 7.75. The van der Waals surface area contributed by atoms with Gasteiger partial charge in [-0.15, -0.1) is 11.3 Å². The summed E-state index contributed by atoms with van der Waals surface area (Å²) < 4.78 is 0. The van der Waals surface area contributed by atoms with E-state index in [9.17, 15) is 0 Å². The van der Waals surface area contributed by atoms with Gasteiger partial charge in [-0.05, 0) is 38.0 Å². The minimum absolute atomic E-state index is 0.487. The minimum atomic E-state index is 0.487. The number of nitrogens with zero attached hydrogens (tertiary/aromatic N) is 2. The molecule has 2 aromatic rings. The van der Waals surface area contributed by atoms with E-state index in [4.69, 9.17) is 16.6 Å². The Balaban J connectivity index is 1.86. The molecule has 0 amide bonds. The summed E-state index contributed by atoms with van der Waals surface area (Å²) in [4.78, 5) is 10.3. The van der Waals surface area contributed by atoms with Crippen molar-refractivity contribution in [2.45, 2.75) is 45.1 Å². The Bertz CT molecular complexity index is 816. The van der Waals surface area contributed by atoms with Gasteiger partial charge >= 0.3 is 0 Å². The molecule has 3 rings (SSSR count). The summed E-state index contributed by atoms with van der Waals surface area (Å²) in [6.07, 6.45) is 10.3. The standard InChI is InChI=1S/C21H24ClN3S/c1-3-8-19(25-15(2)24-18-11-5-4-6-12-18)21-20(23-14-26-21)16-9-7-10-17(22)13-16/h3,7-10,13-14,18,24H,2,4-6,11-12H2,1H3/b8-3-,25-19+. The summed E-state index contributed by atoms with van der Waals surface area (Å²) in [6, 6.07) is 8.25. The molecular formula is C21H24ClN3S. The fourth-order valence-electron chi connectivity index (χ4n) is 3.25. The Morgan fingerprint density at radius 1 is 1.35 bits per heavy atom. The number of rotatable bonds is 6. The van der Waals surface area contributed by atoms with Gasteiger partial charge in [-0.3, -0.25) is 0 Å². The second-order valence-electron chi connectivity index (χ2n) is 6.46. The van der Waals surface area contributed by atoms with Crippen LogP contribution in [-0.4, -0.2) is 16.7 Å². The van der Waals surface area contributed by atoms with Gasteiger partial charge in [0.05, 0.1) is 21.8 Å². The maximum absolute atomic E-state index is 6.15. The summed E-state index contributed by atoms with van der Waals surface area (Å²) in [5.41, 5.74) is 4.62. The number of benzene rings is 1. The van der Waals surface area contributed by atoms with Crippen molar-refractivity contribution in [3.8, 4) is 11.3 Å². The Labute approximate surface area is 164 Å². The smallest absolute Gasteiger partial charge is 0.119 e. The van der Waals surface area contributed by atoms with Gasteiger partial charge in [-0.2, -0.15) is 0 Å². The van der Waals surface area contributed by atoms with E-state index >= 15 is 0 Å². The third kappa shape index (κ3) is 4.83. The van der Waals surface area contributed by atoms with Crippen LogP contribution in [0, 0.1) is 0 Å². The van der Waals surface area contributed by atoms with Crippen LogP contribution in [0.4, 0.5) is 0 Å². The minimum Gasteiger partial charge on any atom is -0.368 e. The fraction of sp³-hybridized carbons (Fsp3) is 0.333. The molecule has 5 heteroatoms. The van der Waals surface area contributed by atoms with E-state index in [2.05, 4.69) is 16.9 Å².